The van der Waals surface area contributed by atoms with Crippen LogP contribution in [0.25, 0.3) is 21.5 Å². The van der Waals surface area contributed by atoms with Crippen LogP contribution in [0.2, 0.25) is 0 Å². The van der Waals surface area contributed by atoms with Crippen LogP contribution in [0, 0.1) is 20.2 Å². The van der Waals surface area contributed by atoms with Crippen LogP contribution in [0.1, 0.15) is 0 Å². The van der Waals surface area contributed by atoms with Crippen molar-refractivity contribution in [1.29, 1.82) is 0 Å². The lowest BCUT2D eigenvalue weighted by Crippen LogP contribution is -2.26. The molecule has 4 rings (SSSR count). The lowest BCUT2D eigenvalue weighted by atomic mass is 10.1. The standard InChI is InChI=1S/C10H8BrN2O2.C9H5BrN2O2/c1-12-5-4-7-8(6-12)10(13(14)15)3-2-9(7)11;10-8-1-2-9(12(13)14)7-5-11-4-3-6(7)8/h2-6H,1H3;1-5H/q+1;. The molecule has 0 unspecified atom stereocenters. The molecule has 0 aliphatic rings. The molecule has 0 radical (unpaired) electrons. The lowest BCUT2D eigenvalue weighted by Gasteiger charge is -2.00. The molecular formula is C19H13Br2N4O4+. The first-order valence-corrected chi connectivity index (χ1v) is 9.76. The van der Waals surface area contributed by atoms with E-state index >= 15 is 0 Å². The molecule has 0 aliphatic carbocycles. The first-order chi connectivity index (χ1) is 13.8. The number of pyridine rings is 2. The van der Waals surface area contributed by atoms with Crippen molar-refractivity contribution in [2.75, 3.05) is 0 Å². The van der Waals surface area contributed by atoms with Crippen molar-refractivity contribution in [3.63, 3.8) is 0 Å². The maximum atomic E-state index is 10.8. The summed E-state index contributed by atoms with van der Waals surface area (Å²) in [5.74, 6) is 0. The number of halogens is 2. The van der Waals surface area contributed by atoms with Crippen molar-refractivity contribution in [2.45, 2.75) is 0 Å². The van der Waals surface area contributed by atoms with Crippen molar-refractivity contribution in [2.24, 2.45) is 7.05 Å². The van der Waals surface area contributed by atoms with Crippen LogP contribution in [0.15, 0.2) is 70.1 Å². The molecule has 0 spiro atoms. The number of rotatable bonds is 2. The molecule has 0 fully saturated rings. The van der Waals surface area contributed by atoms with Gasteiger partial charge in [-0.25, -0.2) is 4.57 Å². The fourth-order valence-electron chi connectivity index (χ4n) is 2.80. The fraction of sp³-hybridized carbons (Fsp3) is 0.0526. The quantitative estimate of drug-likeness (QED) is 0.204. The summed E-state index contributed by atoms with van der Waals surface area (Å²) in [7, 11) is 1.84. The third-order valence-electron chi connectivity index (χ3n) is 4.16. The molecular weight excluding hydrogens is 508 g/mol. The Hall–Kier alpha value is -2.98. The Morgan fingerprint density at radius 1 is 0.828 bits per heavy atom. The number of hydrogen-bond donors (Lipinski definition) is 0. The minimum Gasteiger partial charge on any atom is -0.264 e. The SMILES string of the molecule is C[n+]1ccc2c(Br)ccc([N+](=O)[O-])c2c1.O=[N+]([O-])c1ccc(Br)c2ccncc12. The van der Waals surface area contributed by atoms with E-state index in [2.05, 4.69) is 36.8 Å². The summed E-state index contributed by atoms with van der Waals surface area (Å²) >= 11 is 6.70. The molecule has 0 bridgehead atoms. The van der Waals surface area contributed by atoms with Gasteiger partial charge in [0, 0.05) is 50.3 Å². The van der Waals surface area contributed by atoms with Crippen LogP contribution in [-0.2, 0) is 7.05 Å². The van der Waals surface area contributed by atoms with Gasteiger partial charge in [-0.3, -0.25) is 25.2 Å². The van der Waals surface area contributed by atoms with Gasteiger partial charge in [0.15, 0.2) is 12.4 Å². The van der Waals surface area contributed by atoms with E-state index in [0.717, 1.165) is 19.7 Å². The predicted molar refractivity (Wildman–Crippen MR) is 116 cm³/mol. The molecule has 0 N–H and O–H groups in total. The molecule has 2 heterocycles. The number of benzene rings is 2. The number of aromatic nitrogens is 2. The van der Waals surface area contributed by atoms with Gasteiger partial charge in [-0.05, 0) is 18.2 Å². The highest BCUT2D eigenvalue weighted by atomic mass is 79.9. The van der Waals surface area contributed by atoms with Gasteiger partial charge in [-0.1, -0.05) is 31.9 Å². The Morgan fingerprint density at radius 3 is 1.97 bits per heavy atom. The summed E-state index contributed by atoms with van der Waals surface area (Å²) in [5.41, 5.74) is 0.209. The number of nitro groups is 2. The molecule has 0 saturated carbocycles. The van der Waals surface area contributed by atoms with Crippen LogP contribution in [0.3, 0.4) is 0 Å². The Bertz CT molecular complexity index is 1260. The molecule has 29 heavy (non-hydrogen) atoms. The van der Waals surface area contributed by atoms with Crippen LogP contribution in [0.4, 0.5) is 11.4 Å². The number of aryl methyl sites for hydroxylation is 1. The Balaban J connectivity index is 0.000000166. The highest BCUT2D eigenvalue weighted by Gasteiger charge is 2.16. The first-order valence-electron chi connectivity index (χ1n) is 8.18. The van der Waals surface area contributed by atoms with Gasteiger partial charge < -0.3 is 0 Å². The van der Waals surface area contributed by atoms with Crippen molar-refractivity contribution < 1.29 is 14.4 Å². The molecule has 8 nitrogen and oxygen atoms in total. The number of fused-ring (bicyclic) bond motifs is 2. The summed E-state index contributed by atoms with van der Waals surface area (Å²) in [5, 5.41) is 24.3. The number of nitro benzene ring substituents is 2. The van der Waals surface area contributed by atoms with Crippen LogP contribution < -0.4 is 4.57 Å². The first kappa shape index (κ1) is 20.7. The lowest BCUT2D eigenvalue weighted by molar-refractivity contribution is -0.670. The fourth-order valence-corrected chi connectivity index (χ4v) is 3.75. The number of nitrogens with zero attached hydrogens (tertiary/aromatic N) is 4. The van der Waals surface area contributed by atoms with Crippen molar-refractivity contribution in [3.05, 3.63) is 90.4 Å². The summed E-state index contributed by atoms with van der Waals surface area (Å²) in [4.78, 5) is 24.6. The van der Waals surface area contributed by atoms with Gasteiger partial charge in [-0.15, -0.1) is 0 Å². The smallest absolute Gasteiger partial charge is 0.264 e. The molecule has 0 saturated heterocycles. The van der Waals surface area contributed by atoms with E-state index in [1.165, 1.54) is 18.3 Å². The van der Waals surface area contributed by atoms with Gasteiger partial charge in [-0.2, -0.15) is 0 Å². The van der Waals surface area contributed by atoms with E-state index in [4.69, 9.17) is 0 Å². The topological polar surface area (TPSA) is 103 Å². The Labute approximate surface area is 181 Å². The molecule has 2 aromatic carbocycles. The van der Waals surface area contributed by atoms with Gasteiger partial charge >= 0.3 is 0 Å². The second kappa shape index (κ2) is 8.58. The summed E-state index contributed by atoms with van der Waals surface area (Å²) < 4.78 is 3.49. The molecule has 2 aromatic heterocycles. The van der Waals surface area contributed by atoms with Crippen molar-refractivity contribution in [3.8, 4) is 0 Å². The second-order valence-electron chi connectivity index (χ2n) is 6.01. The zero-order chi connectivity index (χ0) is 21.1. The van der Waals surface area contributed by atoms with Crippen LogP contribution >= 0.6 is 31.9 Å². The average Bonchev–Trinajstić information content (AvgIpc) is 2.68. The maximum absolute atomic E-state index is 10.8. The molecule has 4 aromatic rings. The Kier molecular flexibility index (Phi) is 6.14. The number of non-ortho nitro benzene ring substituents is 2. The third kappa shape index (κ3) is 4.38. The van der Waals surface area contributed by atoms with Gasteiger partial charge in [0.05, 0.1) is 15.2 Å². The minimum atomic E-state index is -0.406. The van der Waals surface area contributed by atoms with E-state index in [0.29, 0.717) is 10.8 Å². The zero-order valence-corrected chi connectivity index (χ0v) is 18.1. The van der Waals surface area contributed by atoms with E-state index in [9.17, 15) is 20.2 Å². The van der Waals surface area contributed by atoms with E-state index in [-0.39, 0.29) is 16.3 Å². The zero-order valence-electron chi connectivity index (χ0n) is 15.0. The van der Waals surface area contributed by atoms with Crippen molar-refractivity contribution in [1.82, 2.24) is 4.98 Å². The molecule has 0 amide bonds. The summed E-state index contributed by atoms with van der Waals surface area (Å²) in [6, 6.07) is 9.93. The monoisotopic (exact) mass is 519 g/mol. The molecule has 0 aliphatic heterocycles. The maximum Gasteiger partial charge on any atom is 0.283 e. The van der Waals surface area contributed by atoms with Gasteiger partial charge in [0.1, 0.15) is 12.4 Å². The van der Waals surface area contributed by atoms with Crippen molar-refractivity contribution >= 4 is 64.8 Å². The molecule has 0 atom stereocenters. The van der Waals surface area contributed by atoms with Crippen LogP contribution in [0.5, 0.6) is 0 Å². The van der Waals surface area contributed by atoms with E-state index in [1.807, 2.05) is 19.3 Å². The predicted octanol–water partition coefficient (Wildman–Crippen LogP) is 5.24. The van der Waals surface area contributed by atoms with E-state index < -0.39 is 4.92 Å². The van der Waals surface area contributed by atoms with Gasteiger partial charge in [0.2, 0.25) is 0 Å². The minimum absolute atomic E-state index is 0.0799. The number of hydrogen-bond acceptors (Lipinski definition) is 5. The summed E-state index contributed by atoms with van der Waals surface area (Å²) in [6.07, 6.45) is 6.71. The highest BCUT2D eigenvalue weighted by Crippen LogP contribution is 2.31. The molecule has 10 heteroatoms. The normalized spacial score (nSPS) is 10.4. The van der Waals surface area contributed by atoms with Gasteiger partial charge in [0.25, 0.3) is 11.4 Å². The summed E-state index contributed by atoms with van der Waals surface area (Å²) in [6.45, 7) is 0. The van der Waals surface area contributed by atoms with Crippen LogP contribution in [-0.4, -0.2) is 14.8 Å². The highest BCUT2D eigenvalue weighted by molar-refractivity contribution is 9.11. The average molecular weight is 521 g/mol. The Morgan fingerprint density at radius 2 is 1.38 bits per heavy atom. The second-order valence-corrected chi connectivity index (χ2v) is 7.71. The van der Waals surface area contributed by atoms with E-state index in [1.54, 1.807) is 35.2 Å². The molecule has 146 valence electrons. The largest absolute Gasteiger partial charge is 0.283 e. The third-order valence-corrected chi connectivity index (χ3v) is 5.54.